The highest BCUT2D eigenvalue weighted by molar-refractivity contribution is 6.08. The summed E-state index contributed by atoms with van der Waals surface area (Å²) in [6.45, 7) is 3.44. The summed E-state index contributed by atoms with van der Waals surface area (Å²) in [6, 6.07) is 6.46. The molecule has 1 aromatic rings. The molecule has 1 unspecified atom stereocenters. The van der Waals surface area contributed by atoms with Gasteiger partial charge in [-0.05, 0) is 30.2 Å². The van der Waals surface area contributed by atoms with Crippen LogP contribution in [0.25, 0.3) is 0 Å². The number of benzene rings is 1. The molecule has 4 heteroatoms. The van der Waals surface area contributed by atoms with Gasteiger partial charge in [-0.2, -0.15) is 0 Å². The SMILES string of the molecule is COc1ccc(C(=O)C(C(=O)O)C(C)C)cc1. The van der Waals surface area contributed by atoms with Gasteiger partial charge in [-0.3, -0.25) is 9.59 Å². The first-order valence-corrected chi connectivity index (χ1v) is 5.38. The summed E-state index contributed by atoms with van der Waals surface area (Å²) in [6.07, 6.45) is 0. The van der Waals surface area contributed by atoms with Gasteiger partial charge in [-0.1, -0.05) is 13.8 Å². The number of carboxylic acids is 1. The molecule has 17 heavy (non-hydrogen) atoms. The predicted octanol–water partition coefficient (Wildman–Crippen LogP) is 2.23. The number of hydrogen-bond acceptors (Lipinski definition) is 3. The molecule has 0 spiro atoms. The molecule has 0 aliphatic carbocycles. The molecular formula is C13H16O4. The number of carbonyl (C=O) groups is 2. The minimum absolute atomic E-state index is 0.234. The highest BCUT2D eigenvalue weighted by Crippen LogP contribution is 2.19. The van der Waals surface area contributed by atoms with Crippen LogP contribution in [0.3, 0.4) is 0 Å². The van der Waals surface area contributed by atoms with Gasteiger partial charge in [0.2, 0.25) is 0 Å². The minimum atomic E-state index is -1.08. The number of carbonyl (C=O) groups excluding carboxylic acids is 1. The van der Waals surface area contributed by atoms with Crippen molar-refractivity contribution >= 4 is 11.8 Å². The van der Waals surface area contributed by atoms with E-state index in [2.05, 4.69) is 0 Å². The van der Waals surface area contributed by atoms with Gasteiger partial charge in [-0.15, -0.1) is 0 Å². The first-order chi connectivity index (χ1) is 7.97. The van der Waals surface area contributed by atoms with Crippen LogP contribution in [0.1, 0.15) is 24.2 Å². The Balaban J connectivity index is 2.97. The van der Waals surface area contributed by atoms with Crippen molar-refractivity contribution in [3.05, 3.63) is 29.8 Å². The smallest absolute Gasteiger partial charge is 0.314 e. The largest absolute Gasteiger partial charge is 0.497 e. The van der Waals surface area contributed by atoms with Gasteiger partial charge in [0.05, 0.1) is 7.11 Å². The van der Waals surface area contributed by atoms with E-state index < -0.39 is 11.9 Å². The fourth-order valence-electron chi connectivity index (χ4n) is 1.63. The number of ether oxygens (including phenoxy) is 1. The maximum Gasteiger partial charge on any atom is 0.314 e. The molecule has 0 bridgehead atoms. The molecule has 0 fully saturated rings. The zero-order valence-electron chi connectivity index (χ0n) is 10.1. The van der Waals surface area contributed by atoms with E-state index in [-0.39, 0.29) is 11.7 Å². The van der Waals surface area contributed by atoms with Crippen LogP contribution in [-0.2, 0) is 4.79 Å². The molecule has 1 N–H and O–H groups in total. The van der Waals surface area contributed by atoms with Crippen LogP contribution in [0.2, 0.25) is 0 Å². The minimum Gasteiger partial charge on any atom is -0.497 e. The lowest BCUT2D eigenvalue weighted by molar-refractivity contribution is -0.141. The quantitative estimate of drug-likeness (QED) is 0.629. The van der Waals surface area contributed by atoms with Gasteiger partial charge in [0, 0.05) is 5.56 Å². The van der Waals surface area contributed by atoms with Crippen LogP contribution in [-0.4, -0.2) is 24.0 Å². The van der Waals surface area contributed by atoms with Gasteiger partial charge in [0.25, 0.3) is 0 Å². The van der Waals surface area contributed by atoms with Gasteiger partial charge in [0.15, 0.2) is 5.78 Å². The van der Waals surface area contributed by atoms with Crippen molar-refractivity contribution in [1.29, 1.82) is 0 Å². The molecule has 0 aromatic heterocycles. The van der Waals surface area contributed by atoms with Crippen molar-refractivity contribution in [2.24, 2.45) is 11.8 Å². The number of rotatable bonds is 5. The predicted molar refractivity (Wildman–Crippen MR) is 63.3 cm³/mol. The highest BCUT2D eigenvalue weighted by Gasteiger charge is 2.30. The van der Waals surface area contributed by atoms with Crippen LogP contribution >= 0.6 is 0 Å². The van der Waals surface area contributed by atoms with Crippen LogP contribution in [0.5, 0.6) is 5.75 Å². The average molecular weight is 236 g/mol. The molecule has 0 amide bonds. The summed E-state index contributed by atoms with van der Waals surface area (Å²) in [7, 11) is 1.53. The Morgan fingerprint density at radius 1 is 1.18 bits per heavy atom. The first-order valence-electron chi connectivity index (χ1n) is 5.38. The Labute approximate surface area is 100 Å². The average Bonchev–Trinajstić information content (AvgIpc) is 2.28. The van der Waals surface area contributed by atoms with E-state index in [0.29, 0.717) is 11.3 Å². The molecule has 0 aliphatic rings. The molecule has 0 saturated heterocycles. The Kier molecular flexibility index (Phi) is 4.26. The Morgan fingerprint density at radius 3 is 2.06 bits per heavy atom. The summed E-state index contributed by atoms with van der Waals surface area (Å²) in [5.41, 5.74) is 0.395. The second-order valence-electron chi connectivity index (χ2n) is 4.15. The molecule has 0 aliphatic heterocycles. The Morgan fingerprint density at radius 2 is 1.71 bits per heavy atom. The molecular weight excluding hydrogens is 220 g/mol. The Hall–Kier alpha value is -1.84. The zero-order valence-corrected chi connectivity index (χ0v) is 10.1. The number of Topliss-reactive ketones (excluding diaryl/α,β-unsaturated/α-hetero) is 1. The van der Waals surface area contributed by atoms with Crippen molar-refractivity contribution in [2.75, 3.05) is 7.11 Å². The topological polar surface area (TPSA) is 63.6 Å². The summed E-state index contributed by atoms with van der Waals surface area (Å²) in [4.78, 5) is 23.0. The number of aliphatic carboxylic acids is 1. The molecule has 0 radical (unpaired) electrons. The number of hydrogen-bond donors (Lipinski definition) is 1. The number of carboxylic acid groups (broad SMARTS) is 1. The third-order valence-corrected chi connectivity index (χ3v) is 2.59. The summed E-state index contributed by atoms with van der Waals surface area (Å²) in [5.74, 6) is -2.04. The van der Waals surface area contributed by atoms with Gasteiger partial charge < -0.3 is 9.84 Å². The van der Waals surface area contributed by atoms with E-state index in [9.17, 15) is 9.59 Å². The first kappa shape index (κ1) is 13.2. The molecule has 0 saturated carbocycles. The second kappa shape index (κ2) is 5.48. The lowest BCUT2D eigenvalue weighted by Gasteiger charge is -2.14. The molecule has 1 aromatic carbocycles. The standard InChI is InChI=1S/C13H16O4/c1-8(2)11(13(15)16)12(14)9-4-6-10(17-3)7-5-9/h4-8,11H,1-3H3,(H,15,16). The molecule has 92 valence electrons. The molecule has 4 nitrogen and oxygen atoms in total. The maximum absolute atomic E-state index is 12.0. The van der Waals surface area contributed by atoms with E-state index in [1.54, 1.807) is 38.1 Å². The van der Waals surface area contributed by atoms with Crippen molar-refractivity contribution in [3.8, 4) is 5.75 Å². The van der Waals surface area contributed by atoms with Crippen LogP contribution in [0.4, 0.5) is 0 Å². The van der Waals surface area contributed by atoms with E-state index in [1.807, 2.05) is 0 Å². The second-order valence-corrected chi connectivity index (χ2v) is 4.15. The number of methoxy groups -OCH3 is 1. The Bertz CT molecular complexity index is 406. The third-order valence-electron chi connectivity index (χ3n) is 2.59. The molecule has 1 atom stereocenters. The van der Waals surface area contributed by atoms with Crippen molar-refractivity contribution in [1.82, 2.24) is 0 Å². The fraction of sp³-hybridized carbons (Fsp3) is 0.385. The van der Waals surface area contributed by atoms with E-state index >= 15 is 0 Å². The molecule has 1 rings (SSSR count). The number of ketones is 1. The van der Waals surface area contributed by atoms with Crippen molar-refractivity contribution in [3.63, 3.8) is 0 Å². The fourth-order valence-corrected chi connectivity index (χ4v) is 1.63. The zero-order chi connectivity index (χ0) is 13.0. The van der Waals surface area contributed by atoms with Gasteiger partial charge >= 0.3 is 5.97 Å². The van der Waals surface area contributed by atoms with Crippen LogP contribution in [0, 0.1) is 11.8 Å². The third kappa shape index (κ3) is 3.06. The highest BCUT2D eigenvalue weighted by atomic mass is 16.5. The van der Waals surface area contributed by atoms with E-state index in [1.165, 1.54) is 7.11 Å². The maximum atomic E-state index is 12.0. The van der Waals surface area contributed by atoms with Gasteiger partial charge in [-0.25, -0.2) is 0 Å². The van der Waals surface area contributed by atoms with Crippen LogP contribution < -0.4 is 4.74 Å². The molecule has 0 heterocycles. The normalized spacial score (nSPS) is 12.2. The lowest BCUT2D eigenvalue weighted by atomic mass is 9.88. The summed E-state index contributed by atoms with van der Waals surface area (Å²) in [5, 5.41) is 9.03. The summed E-state index contributed by atoms with van der Waals surface area (Å²) >= 11 is 0. The van der Waals surface area contributed by atoms with E-state index in [4.69, 9.17) is 9.84 Å². The van der Waals surface area contributed by atoms with Crippen molar-refractivity contribution in [2.45, 2.75) is 13.8 Å². The monoisotopic (exact) mass is 236 g/mol. The lowest BCUT2D eigenvalue weighted by Crippen LogP contribution is -2.28. The van der Waals surface area contributed by atoms with Gasteiger partial charge in [0.1, 0.15) is 11.7 Å². The van der Waals surface area contributed by atoms with Crippen molar-refractivity contribution < 1.29 is 19.4 Å². The summed E-state index contributed by atoms with van der Waals surface area (Å²) < 4.78 is 4.98. The van der Waals surface area contributed by atoms with E-state index in [0.717, 1.165) is 0 Å². The van der Waals surface area contributed by atoms with Crippen LogP contribution in [0.15, 0.2) is 24.3 Å².